The van der Waals surface area contributed by atoms with E-state index in [9.17, 15) is 33.9 Å². The fourth-order valence-electron chi connectivity index (χ4n) is 6.46. The molecule has 2 fully saturated rings. The molecule has 3 aromatic rings. The molecular formula is C38H49FN8O9. The Morgan fingerprint density at radius 2 is 1.71 bits per heavy atom. The number of aromatic nitrogens is 1. The summed E-state index contributed by atoms with van der Waals surface area (Å²) in [4.78, 5) is 78.7. The number of carbonyl (C=O) groups excluding carboxylic acids is 4. The zero-order chi connectivity index (χ0) is 40.7. The number of rotatable bonds is 16. The van der Waals surface area contributed by atoms with Crippen molar-refractivity contribution in [3.8, 4) is 0 Å². The van der Waals surface area contributed by atoms with Crippen molar-refractivity contribution in [3.05, 3.63) is 69.8 Å². The van der Waals surface area contributed by atoms with Crippen molar-refractivity contribution in [3.63, 3.8) is 0 Å². The summed E-state index contributed by atoms with van der Waals surface area (Å²) in [6, 6.07) is 7.57. The predicted molar refractivity (Wildman–Crippen MR) is 204 cm³/mol. The molecule has 0 radical (unpaired) electrons. The number of pyridine rings is 1. The smallest absolute Gasteiger partial charge is 0.410 e. The molecule has 3 heterocycles. The van der Waals surface area contributed by atoms with Crippen LogP contribution in [0.1, 0.15) is 56.5 Å². The third-order valence-corrected chi connectivity index (χ3v) is 9.66. The second-order valence-corrected chi connectivity index (χ2v) is 14.1. The van der Waals surface area contributed by atoms with Crippen LogP contribution in [0.5, 0.6) is 0 Å². The largest absolute Gasteiger partial charge is 0.477 e. The summed E-state index contributed by atoms with van der Waals surface area (Å²) in [5, 5.41) is 20.8. The number of piperazine rings is 1. The standard InChI is InChI=1S/C38H49FN8O9/c1-5-45-19-26(37(52)53)32(49)25-17-27(39)30(18-29(25)45)46-13-15-47(16-14-46)38(54)55-20-23-8-10-24(11-9-23)43-34(50)28(7-6-12-41-36-33(40)56-36)44-35(51)31(21(2)3)42-22(4)48/h8-11,17-19,21,28,31,33,36,41H,5-7,12-16,20,40H2,1-4H3,(H,42,48)(H,43,50)(H,44,51)(H,52,53)/t28-,31-,33?,36?/m0/s1. The number of epoxide rings is 1. The van der Waals surface area contributed by atoms with Gasteiger partial charge in [0.2, 0.25) is 23.2 Å². The van der Waals surface area contributed by atoms with Crippen molar-refractivity contribution in [2.75, 3.05) is 42.9 Å². The van der Waals surface area contributed by atoms with E-state index in [0.29, 0.717) is 55.8 Å². The molecule has 2 aliphatic rings. The second kappa shape index (κ2) is 18.4. The van der Waals surface area contributed by atoms with Crippen LogP contribution < -0.4 is 37.3 Å². The topological polar surface area (TPSA) is 230 Å². The van der Waals surface area contributed by atoms with Crippen LogP contribution in [0, 0.1) is 11.7 Å². The molecule has 0 saturated carbocycles. The molecule has 18 heteroatoms. The van der Waals surface area contributed by atoms with Crippen molar-refractivity contribution in [2.24, 2.45) is 11.7 Å². The number of nitrogens with zero attached hydrogens (tertiary/aromatic N) is 3. The molecule has 2 unspecified atom stereocenters. The molecule has 2 saturated heterocycles. The molecule has 4 amide bonds. The van der Waals surface area contributed by atoms with Crippen LogP contribution in [0.3, 0.4) is 0 Å². The van der Waals surface area contributed by atoms with E-state index in [2.05, 4.69) is 21.3 Å². The molecule has 0 spiro atoms. The number of carboxylic acid groups (broad SMARTS) is 1. The normalized spacial score (nSPS) is 17.6. The molecule has 2 aromatic carbocycles. The van der Waals surface area contributed by atoms with Gasteiger partial charge in [-0.05, 0) is 62.1 Å². The van der Waals surface area contributed by atoms with Gasteiger partial charge >= 0.3 is 12.1 Å². The van der Waals surface area contributed by atoms with Gasteiger partial charge in [-0.25, -0.2) is 14.0 Å². The number of aromatic carboxylic acids is 1. The summed E-state index contributed by atoms with van der Waals surface area (Å²) in [6.45, 7) is 8.62. The lowest BCUT2D eigenvalue weighted by Gasteiger charge is -2.35. The fourth-order valence-corrected chi connectivity index (χ4v) is 6.46. The summed E-state index contributed by atoms with van der Waals surface area (Å²) in [5.41, 5.74) is 6.23. The zero-order valence-electron chi connectivity index (χ0n) is 31.8. The monoisotopic (exact) mass is 780 g/mol. The lowest BCUT2D eigenvalue weighted by Crippen LogP contribution is -2.54. The van der Waals surface area contributed by atoms with Crippen LogP contribution >= 0.6 is 0 Å². The molecule has 4 atom stereocenters. The Balaban J connectivity index is 1.14. The lowest BCUT2D eigenvalue weighted by molar-refractivity contribution is -0.131. The van der Waals surface area contributed by atoms with Gasteiger partial charge in [0.25, 0.3) is 0 Å². The number of anilines is 2. The quantitative estimate of drug-likeness (QED) is 0.0905. The molecule has 0 aliphatic carbocycles. The molecule has 56 heavy (non-hydrogen) atoms. The van der Waals surface area contributed by atoms with Gasteiger partial charge in [-0.2, -0.15) is 0 Å². The molecule has 5 rings (SSSR count). The molecule has 7 N–H and O–H groups in total. The number of benzene rings is 2. The number of hydrogen-bond acceptors (Lipinski definition) is 11. The van der Waals surface area contributed by atoms with E-state index >= 15 is 4.39 Å². The Morgan fingerprint density at radius 3 is 2.30 bits per heavy atom. The first-order valence-corrected chi connectivity index (χ1v) is 18.5. The van der Waals surface area contributed by atoms with E-state index in [4.69, 9.17) is 15.2 Å². The van der Waals surface area contributed by atoms with Crippen LogP contribution in [-0.4, -0.2) is 102 Å². The minimum absolute atomic E-state index is 0.0203. The van der Waals surface area contributed by atoms with Crippen molar-refractivity contribution in [2.45, 2.75) is 78.2 Å². The number of hydrogen-bond donors (Lipinski definition) is 6. The summed E-state index contributed by atoms with van der Waals surface area (Å²) in [5.74, 6) is -3.55. The van der Waals surface area contributed by atoms with Crippen LogP contribution in [0.25, 0.3) is 10.9 Å². The molecule has 0 bridgehead atoms. The minimum atomic E-state index is -1.38. The third kappa shape index (κ3) is 10.4. The molecule has 1 aromatic heterocycles. The highest BCUT2D eigenvalue weighted by molar-refractivity contribution is 5.98. The number of ether oxygens (including phenoxy) is 2. The Morgan fingerprint density at radius 1 is 1.04 bits per heavy atom. The predicted octanol–water partition coefficient (Wildman–Crippen LogP) is 1.91. The van der Waals surface area contributed by atoms with Gasteiger partial charge in [-0.15, -0.1) is 0 Å². The maximum atomic E-state index is 15.3. The molecule has 17 nitrogen and oxygen atoms in total. The summed E-state index contributed by atoms with van der Waals surface area (Å²) in [7, 11) is 0. The van der Waals surface area contributed by atoms with Gasteiger partial charge in [-0.3, -0.25) is 24.5 Å². The average molecular weight is 781 g/mol. The van der Waals surface area contributed by atoms with Crippen molar-refractivity contribution in [1.29, 1.82) is 0 Å². The van der Waals surface area contributed by atoms with Gasteiger partial charge in [0, 0.05) is 56.9 Å². The highest BCUT2D eigenvalue weighted by atomic mass is 19.1. The maximum absolute atomic E-state index is 15.3. The lowest BCUT2D eigenvalue weighted by atomic mass is 10.0. The van der Waals surface area contributed by atoms with Crippen molar-refractivity contribution in [1.82, 2.24) is 25.4 Å². The number of carbonyl (C=O) groups is 5. The van der Waals surface area contributed by atoms with E-state index in [1.807, 2.05) is 0 Å². The molecule has 302 valence electrons. The Kier molecular flexibility index (Phi) is 13.6. The first-order valence-electron chi connectivity index (χ1n) is 18.5. The van der Waals surface area contributed by atoms with E-state index in [0.717, 1.165) is 6.07 Å². The number of carboxylic acids is 1. The first-order chi connectivity index (χ1) is 26.7. The van der Waals surface area contributed by atoms with E-state index < -0.39 is 52.8 Å². The highest BCUT2D eigenvalue weighted by Gasteiger charge is 2.34. The summed E-state index contributed by atoms with van der Waals surface area (Å²) >= 11 is 0. The zero-order valence-corrected chi connectivity index (χ0v) is 31.8. The van der Waals surface area contributed by atoms with Crippen LogP contribution in [0.4, 0.5) is 20.6 Å². The van der Waals surface area contributed by atoms with Gasteiger partial charge in [0.1, 0.15) is 42.5 Å². The number of aryl methyl sites for hydroxylation is 1. The number of nitrogens with one attached hydrogen (secondary N) is 4. The minimum Gasteiger partial charge on any atom is -0.477 e. The Labute approximate surface area is 322 Å². The number of amides is 4. The SMILES string of the molecule is CCn1cc(C(=O)O)c(=O)c2cc(F)c(N3CCN(C(=O)OCc4ccc(NC(=O)[C@H](CCCNC5OC5N)NC(=O)[C@@H](NC(C)=O)C(C)C)cc4)CC3)cc21. The number of halogens is 1. The molecule has 2 aliphatic heterocycles. The maximum Gasteiger partial charge on any atom is 0.410 e. The fraction of sp³-hybridized carbons (Fsp3) is 0.474. The Bertz CT molecular complexity index is 2000. The van der Waals surface area contributed by atoms with Crippen molar-refractivity contribution >= 4 is 52.1 Å². The van der Waals surface area contributed by atoms with Gasteiger partial charge in [0.15, 0.2) is 0 Å². The van der Waals surface area contributed by atoms with E-state index in [1.165, 1.54) is 24.1 Å². The summed E-state index contributed by atoms with van der Waals surface area (Å²) < 4.78 is 27.6. The van der Waals surface area contributed by atoms with Crippen molar-refractivity contribution < 1.29 is 42.9 Å². The van der Waals surface area contributed by atoms with Crippen LogP contribution in [0.15, 0.2) is 47.4 Å². The first kappa shape index (κ1) is 41.6. The van der Waals surface area contributed by atoms with Crippen LogP contribution in [0.2, 0.25) is 0 Å². The Hall–Kier alpha value is -5.59. The second-order valence-electron chi connectivity index (χ2n) is 14.1. The van der Waals surface area contributed by atoms with Crippen LogP contribution in [-0.2, 0) is 37.0 Å². The number of nitrogens with two attached hydrogens (primary N) is 1. The third-order valence-electron chi connectivity index (χ3n) is 9.66. The van der Waals surface area contributed by atoms with Gasteiger partial charge < -0.3 is 50.6 Å². The van der Waals surface area contributed by atoms with Gasteiger partial charge in [0.05, 0.1) is 11.2 Å². The highest BCUT2D eigenvalue weighted by Crippen LogP contribution is 2.27. The van der Waals surface area contributed by atoms with Gasteiger partial charge in [-0.1, -0.05) is 26.0 Å². The summed E-state index contributed by atoms with van der Waals surface area (Å²) in [6.07, 6.45) is 0.934. The number of fused-ring (bicyclic) bond motifs is 1. The van der Waals surface area contributed by atoms with E-state index in [1.54, 1.807) is 54.5 Å². The van der Waals surface area contributed by atoms with E-state index in [-0.39, 0.29) is 55.1 Å². The average Bonchev–Trinajstić information content (AvgIpc) is 3.88. The molecular weight excluding hydrogens is 731 g/mol.